The molecule has 4 heteroatoms. The van der Waals surface area contributed by atoms with Crippen molar-refractivity contribution in [1.29, 1.82) is 0 Å². The fraction of sp³-hybridized carbons (Fsp3) is 0.462. The van der Waals surface area contributed by atoms with E-state index in [1.807, 2.05) is 6.07 Å². The summed E-state index contributed by atoms with van der Waals surface area (Å²) < 4.78 is 0. The van der Waals surface area contributed by atoms with E-state index in [-0.39, 0.29) is 0 Å². The van der Waals surface area contributed by atoms with Gasteiger partial charge in [0, 0.05) is 13.0 Å². The van der Waals surface area contributed by atoms with Gasteiger partial charge >= 0.3 is 0 Å². The predicted molar refractivity (Wildman–Crippen MR) is 70.0 cm³/mol. The molecule has 1 rings (SSSR count). The average molecular weight is 235 g/mol. The summed E-state index contributed by atoms with van der Waals surface area (Å²) in [7, 11) is 0. The van der Waals surface area contributed by atoms with Gasteiger partial charge < -0.3 is 10.9 Å². The van der Waals surface area contributed by atoms with Crippen molar-refractivity contribution in [2.45, 2.75) is 26.3 Å². The van der Waals surface area contributed by atoms with Gasteiger partial charge in [-0.1, -0.05) is 42.4 Å². The van der Waals surface area contributed by atoms with Crippen molar-refractivity contribution in [3.63, 3.8) is 0 Å². The van der Waals surface area contributed by atoms with Crippen molar-refractivity contribution in [3.05, 3.63) is 35.9 Å². The van der Waals surface area contributed by atoms with Crippen molar-refractivity contribution in [2.24, 2.45) is 10.9 Å². The van der Waals surface area contributed by atoms with Crippen LogP contribution in [-0.2, 0) is 6.54 Å². The maximum atomic E-state index is 8.44. The standard InChI is InChI=1S/C13H21N3O/c1-2-16(10-6-9-13(14)15-17)11-12-7-4-3-5-8-12/h3-5,7-8,17H,2,6,9-11H2,1H3,(H2,14,15). The van der Waals surface area contributed by atoms with Crippen LogP contribution < -0.4 is 5.73 Å². The highest BCUT2D eigenvalue weighted by molar-refractivity contribution is 5.79. The second-order valence-corrected chi connectivity index (χ2v) is 4.05. The lowest BCUT2D eigenvalue weighted by atomic mass is 10.2. The largest absolute Gasteiger partial charge is 0.409 e. The molecule has 0 aliphatic rings. The molecule has 0 atom stereocenters. The van der Waals surface area contributed by atoms with E-state index in [9.17, 15) is 0 Å². The Labute approximate surface area is 103 Å². The summed E-state index contributed by atoms with van der Waals surface area (Å²) in [4.78, 5) is 2.35. The lowest BCUT2D eigenvalue weighted by molar-refractivity contribution is 0.276. The van der Waals surface area contributed by atoms with Crippen LogP contribution in [0.1, 0.15) is 25.3 Å². The second-order valence-electron chi connectivity index (χ2n) is 4.05. The zero-order chi connectivity index (χ0) is 12.5. The minimum Gasteiger partial charge on any atom is -0.409 e. The first-order valence-electron chi connectivity index (χ1n) is 5.99. The number of nitrogens with two attached hydrogens (primary N) is 1. The highest BCUT2D eigenvalue weighted by atomic mass is 16.4. The summed E-state index contributed by atoms with van der Waals surface area (Å²) in [5.41, 5.74) is 6.75. The molecule has 0 fully saturated rings. The van der Waals surface area contributed by atoms with Crippen LogP contribution in [-0.4, -0.2) is 29.0 Å². The molecule has 1 aromatic carbocycles. The van der Waals surface area contributed by atoms with E-state index in [0.717, 1.165) is 26.1 Å². The van der Waals surface area contributed by atoms with Crippen LogP contribution in [0.4, 0.5) is 0 Å². The Kier molecular flexibility index (Phi) is 6.10. The van der Waals surface area contributed by atoms with Crippen molar-refractivity contribution in [1.82, 2.24) is 4.90 Å². The fourth-order valence-electron chi connectivity index (χ4n) is 1.72. The number of nitrogens with zero attached hydrogens (tertiary/aromatic N) is 2. The van der Waals surface area contributed by atoms with Crippen LogP contribution in [0.25, 0.3) is 0 Å². The number of oxime groups is 1. The monoisotopic (exact) mass is 235 g/mol. The molecule has 0 aliphatic carbocycles. The first-order chi connectivity index (χ1) is 8.26. The molecule has 17 heavy (non-hydrogen) atoms. The fourth-order valence-corrected chi connectivity index (χ4v) is 1.72. The van der Waals surface area contributed by atoms with Crippen LogP contribution in [0.15, 0.2) is 35.5 Å². The summed E-state index contributed by atoms with van der Waals surface area (Å²) in [6.07, 6.45) is 1.55. The Morgan fingerprint density at radius 2 is 2.06 bits per heavy atom. The quantitative estimate of drug-likeness (QED) is 0.329. The third-order valence-electron chi connectivity index (χ3n) is 2.73. The normalized spacial score (nSPS) is 12.0. The minimum atomic E-state index is 0.306. The van der Waals surface area contributed by atoms with E-state index in [2.05, 4.69) is 41.2 Å². The van der Waals surface area contributed by atoms with Gasteiger partial charge in [0.15, 0.2) is 0 Å². The Bertz CT molecular complexity index is 338. The van der Waals surface area contributed by atoms with Gasteiger partial charge in [0.2, 0.25) is 0 Å². The van der Waals surface area contributed by atoms with E-state index in [1.165, 1.54) is 5.56 Å². The van der Waals surface area contributed by atoms with Crippen LogP contribution in [0.2, 0.25) is 0 Å². The van der Waals surface area contributed by atoms with Crippen molar-refractivity contribution >= 4 is 5.84 Å². The van der Waals surface area contributed by atoms with Crippen molar-refractivity contribution in [2.75, 3.05) is 13.1 Å². The third kappa shape index (κ3) is 5.36. The summed E-state index contributed by atoms with van der Waals surface area (Å²) >= 11 is 0. The highest BCUT2D eigenvalue weighted by Gasteiger charge is 2.03. The first-order valence-corrected chi connectivity index (χ1v) is 5.99. The Morgan fingerprint density at radius 1 is 1.35 bits per heavy atom. The second kappa shape index (κ2) is 7.68. The van der Waals surface area contributed by atoms with Gasteiger partial charge in [-0.25, -0.2) is 0 Å². The lowest BCUT2D eigenvalue weighted by Crippen LogP contribution is -2.25. The van der Waals surface area contributed by atoms with Gasteiger partial charge in [-0.3, -0.25) is 4.90 Å². The number of hydrogen-bond donors (Lipinski definition) is 2. The Hall–Kier alpha value is -1.55. The van der Waals surface area contributed by atoms with Crippen LogP contribution in [0.5, 0.6) is 0 Å². The molecule has 1 aromatic rings. The number of benzene rings is 1. The zero-order valence-electron chi connectivity index (χ0n) is 10.3. The molecule has 4 nitrogen and oxygen atoms in total. The van der Waals surface area contributed by atoms with Gasteiger partial charge in [0.05, 0.1) is 0 Å². The lowest BCUT2D eigenvalue weighted by Gasteiger charge is -2.20. The van der Waals surface area contributed by atoms with Crippen molar-refractivity contribution < 1.29 is 5.21 Å². The Morgan fingerprint density at radius 3 is 2.65 bits per heavy atom. The highest BCUT2D eigenvalue weighted by Crippen LogP contribution is 2.05. The molecule has 0 aromatic heterocycles. The SMILES string of the molecule is CCN(CCC/C(N)=N/O)Cc1ccccc1. The maximum Gasteiger partial charge on any atom is 0.139 e. The Balaban J connectivity index is 2.34. The predicted octanol–water partition coefficient (Wildman–Crippen LogP) is 2.04. The van der Waals surface area contributed by atoms with Crippen LogP contribution >= 0.6 is 0 Å². The molecular weight excluding hydrogens is 214 g/mol. The van der Waals surface area contributed by atoms with Crippen molar-refractivity contribution in [3.8, 4) is 0 Å². The molecule has 0 saturated carbocycles. The molecule has 0 spiro atoms. The summed E-state index contributed by atoms with van der Waals surface area (Å²) in [6.45, 7) is 5.06. The molecule has 0 bridgehead atoms. The van der Waals surface area contributed by atoms with Gasteiger partial charge in [0.1, 0.15) is 5.84 Å². The van der Waals surface area contributed by atoms with E-state index in [4.69, 9.17) is 10.9 Å². The molecular formula is C13H21N3O. The zero-order valence-corrected chi connectivity index (χ0v) is 10.3. The number of amidine groups is 1. The van der Waals surface area contributed by atoms with E-state index in [0.29, 0.717) is 12.3 Å². The van der Waals surface area contributed by atoms with Gasteiger partial charge in [-0.2, -0.15) is 0 Å². The molecule has 0 heterocycles. The number of rotatable bonds is 7. The third-order valence-corrected chi connectivity index (χ3v) is 2.73. The number of hydrogen-bond acceptors (Lipinski definition) is 3. The van der Waals surface area contributed by atoms with Crippen LogP contribution in [0, 0.1) is 0 Å². The molecule has 0 radical (unpaired) electrons. The summed E-state index contributed by atoms with van der Waals surface area (Å²) in [5, 5.41) is 11.4. The molecule has 0 aliphatic heterocycles. The molecule has 3 N–H and O–H groups in total. The maximum absolute atomic E-state index is 8.44. The van der Waals surface area contributed by atoms with Gasteiger partial charge in [-0.05, 0) is 25.1 Å². The van der Waals surface area contributed by atoms with Crippen LogP contribution in [0.3, 0.4) is 0 Å². The molecule has 0 saturated heterocycles. The average Bonchev–Trinajstić information content (AvgIpc) is 2.38. The van der Waals surface area contributed by atoms with Gasteiger partial charge in [-0.15, -0.1) is 0 Å². The van der Waals surface area contributed by atoms with E-state index >= 15 is 0 Å². The molecule has 94 valence electrons. The summed E-state index contributed by atoms with van der Waals surface area (Å²) in [5.74, 6) is 0.306. The molecule has 0 unspecified atom stereocenters. The molecule has 0 amide bonds. The van der Waals surface area contributed by atoms with E-state index in [1.54, 1.807) is 0 Å². The summed E-state index contributed by atoms with van der Waals surface area (Å²) in [6, 6.07) is 10.4. The topological polar surface area (TPSA) is 61.8 Å². The van der Waals surface area contributed by atoms with Gasteiger partial charge in [0.25, 0.3) is 0 Å². The minimum absolute atomic E-state index is 0.306. The first kappa shape index (κ1) is 13.5. The van der Waals surface area contributed by atoms with E-state index < -0.39 is 0 Å². The smallest absolute Gasteiger partial charge is 0.139 e.